The van der Waals surface area contributed by atoms with Crippen molar-refractivity contribution in [1.82, 2.24) is 9.80 Å². The summed E-state index contributed by atoms with van der Waals surface area (Å²) in [5, 5.41) is 0. The van der Waals surface area contributed by atoms with E-state index in [2.05, 4.69) is 53.1 Å². The average molecular weight is 451 g/mol. The Kier molecular flexibility index (Phi) is 6.31. The fraction of sp³-hybridized carbons (Fsp3) is 0.267. The van der Waals surface area contributed by atoms with E-state index in [-0.39, 0.29) is 17.5 Å². The van der Waals surface area contributed by atoms with Gasteiger partial charge in [0.2, 0.25) is 0 Å². The second-order valence-electron chi connectivity index (χ2n) is 9.32. The number of Topliss-reactive ketones (excluding diaryl/α,β-unsaturated/α-hetero) is 2. The number of nitrogens with zero attached hydrogens (tertiary/aromatic N) is 2. The summed E-state index contributed by atoms with van der Waals surface area (Å²) in [6, 6.07) is 28.6. The third kappa shape index (κ3) is 4.54. The number of ketones is 2. The molecule has 0 radical (unpaired) electrons. The lowest BCUT2D eigenvalue weighted by Crippen LogP contribution is -2.33. The molecular formula is C30H30N2O2. The highest BCUT2D eigenvalue weighted by molar-refractivity contribution is 6.22. The zero-order chi connectivity index (χ0) is 23.5. The maximum Gasteiger partial charge on any atom is 0.170 e. The van der Waals surface area contributed by atoms with Crippen LogP contribution in [0.15, 0.2) is 96.3 Å². The topological polar surface area (TPSA) is 40.6 Å². The number of allylic oxidation sites excluding steroid dienone is 1. The van der Waals surface area contributed by atoms with Crippen LogP contribution in [0.4, 0.5) is 0 Å². The summed E-state index contributed by atoms with van der Waals surface area (Å²) < 4.78 is 0. The van der Waals surface area contributed by atoms with Crippen LogP contribution in [0.2, 0.25) is 0 Å². The van der Waals surface area contributed by atoms with Gasteiger partial charge in [0.05, 0.1) is 0 Å². The highest BCUT2D eigenvalue weighted by atomic mass is 16.2. The highest BCUT2D eigenvalue weighted by Gasteiger charge is 2.39. The summed E-state index contributed by atoms with van der Waals surface area (Å²) in [7, 11) is 0. The second kappa shape index (κ2) is 9.68. The fourth-order valence-electron chi connectivity index (χ4n) is 5.28. The van der Waals surface area contributed by atoms with Gasteiger partial charge in [0.15, 0.2) is 11.6 Å². The summed E-state index contributed by atoms with van der Waals surface area (Å²) in [6.07, 6.45) is 0.765. The normalized spacial score (nSPS) is 18.7. The lowest BCUT2D eigenvalue weighted by Gasteiger charge is -2.31. The molecule has 3 aromatic rings. The number of benzene rings is 3. The van der Waals surface area contributed by atoms with Gasteiger partial charge in [-0.25, -0.2) is 0 Å². The van der Waals surface area contributed by atoms with E-state index < -0.39 is 0 Å². The second-order valence-corrected chi connectivity index (χ2v) is 9.32. The van der Waals surface area contributed by atoms with E-state index in [9.17, 15) is 9.59 Å². The van der Waals surface area contributed by atoms with Gasteiger partial charge in [0.1, 0.15) is 11.4 Å². The first kappa shape index (κ1) is 22.1. The Bertz CT molecular complexity index is 1150. The third-order valence-electron chi connectivity index (χ3n) is 6.94. The predicted octanol–water partition coefficient (Wildman–Crippen LogP) is 5.24. The Labute approximate surface area is 201 Å². The monoisotopic (exact) mass is 450 g/mol. The van der Waals surface area contributed by atoms with Crippen LogP contribution in [0.3, 0.4) is 0 Å². The molecule has 0 bridgehead atoms. The van der Waals surface area contributed by atoms with Crippen LogP contribution in [0.5, 0.6) is 0 Å². The molecule has 0 N–H and O–H groups in total. The average Bonchev–Trinajstić information content (AvgIpc) is 3.21. The maximum atomic E-state index is 13.6. The van der Waals surface area contributed by atoms with Crippen molar-refractivity contribution in [2.24, 2.45) is 0 Å². The van der Waals surface area contributed by atoms with Crippen molar-refractivity contribution in [2.45, 2.75) is 38.8 Å². The summed E-state index contributed by atoms with van der Waals surface area (Å²) in [4.78, 5) is 31.5. The molecular weight excluding hydrogens is 420 g/mol. The zero-order valence-corrected chi connectivity index (χ0v) is 19.6. The van der Waals surface area contributed by atoms with Crippen LogP contribution in [0.1, 0.15) is 41.0 Å². The van der Waals surface area contributed by atoms with Crippen molar-refractivity contribution in [1.29, 1.82) is 0 Å². The summed E-state index contributed by atoms with van der Waals surface area (Å²) >= 11 is 0. The Morgan fingerprint density at radius 1 is 0.676 bits per heavy atom. The van der Waals surface area contributed by atoms with E-state index in [0.717, 1.165) is 30.0 Å². The predicted molar refractivity (Wildman–Crippen MR) is 134 cm³/mol. The van der Waals surface area contributed by atoms with Crippen molar-refractivity contribution >= 4 is 11.6 Å². The van der Waals surface area contributed by atoms with Gasteiger partial charge in [-0.05, 0) is 35.1 Å². The number of hydrogen-bond acceptors (Lipinski definition) is 4. The van der Waals surface area contributed by atoms with Gasteiger partial charge in [0.25, 0.3) is 0 Å². The first-order valence-corrected chi connectivity index (χ1v) is 12.0. The molecule has 0 aromatic heterocycles. The lowest BCUT2D eigenvalue weighted by molar-refractivity contribution is -0.124. The van der Waals surface area contributed by atoms with Crippen molar-refractivity contribution in [2.75, 3.05) is 13.1 Å². The van der Waals surface area contributed by atoms with E-state index in [1.165, 1.54) is 11.1 Å². The lowest BCUT2D eigenvalue weighted by atomic mass is 9.78. The molecule has 2 fully saturated rings. The molecule has 2 aliphatic rings. The van der Waals surface area contributed by atoms with Crippen LogP contribution in [0, 0.1) is 6.92 Å². The van der Waals surface area contributed by atoms with Crippen molar-refractivity contribution < 1.29 is 9.59 Å². The molecule has 34 heavy (non-hydrogen) atoms. The minimum absolute atomic E-state index is 0.0301. The molecule has 0 atom stereocenters. The molecule has 0 spiro atoms. The quantitative estimate of drug-likeness (QED) is 0.394. The van der Waals surface area contributed by atoms with E-state index in [1.807, 2.05) is 48.5 Å². The molecule has 1 aliphatic carbocycles. The van der Waals surface area contributed by atoms with Crippen molar-refractivity contribution in [3.05, 3.63) is 119 Å². The Balaban J connectivity index is 1.49. The molecule has 0 unspecified atom stereocenters. The van der Waals surface area contributed by atoms with Gasteiger partial charge >= 0.3 is 0 Å². The smallest absolute Gasteiger partial charge is 0.170 e. The van der Waals surface area contributed by atoms with Crippen LogP contribution >= 0.6 is 0 Å². The first-order chi connectivity index (χ1) is 16.6. The molecule has 1 saturated carbocycles. The van der Waals surface area contributed by atoms with Gasteiger partial charge in [-0.3, -0.25) is 9.59 Å². The van der Waals surface area contributed by atoms with Gasteiger partial charge in [-0.15, -0.1) is 0 Å². The van der Waals surface area contributed by atoms with Crippen LogP contribution in [-0.4, -0.2) is 34.5 Å². The van der Waals surface area contributed by atoms with Gasteiger partial charge in [-0.1, -0.05) is 84.9 Å². The van der Waals surface area contributed by atoms with E-state index in [4.69, 9.17) is 0 Å². The van der Waals surface area contributed by atoms with Crippen molar-refractivity contribution in [3.8, 4) is 0 Å². The number of rotatable bonds is 5. The number of carbonyl (C=O) groups excluding carboxylic acids is 2. The van der Waals surface area contributed by atoms with Crippen LogP contribution in [-0.2, 0) is 22.7 Å². The van der Waals surface area contributed by atoms with Crippen molar-refractivity contribution in [3.63, 3.8) is 0 Å². The standard InChI is InChI=1S/C30H30N2O2/c1-22-10-8-9-15-26(22)25-18-27(33)29(28(34)19-25)30-31(20-23-11-4-2-5-12-23)16-17-32(30)21-24-13-6-3-7-14-24/h2-15,25H,16-21H2,1H3. The zero-order valence-electron chi connectivity index (χ0n) is 19.6. The number of hydrogen-bond donors (Lipinski definition) is 0. The maximum absolute atomic E-state index is 13.6. The van der Waals surface area contributed by atoms with Crippen LogP contribution in [0.25, 0.3) is 0 Å². The largest absolute Gasteiger partial charge is 0.351 e. The molecule has 5 rings (SSSR count). The summed E-state index contributed by atoms with van der Waals surface area (Å²) in [5.41, 5.74) is 5.00. The van der Waals surface area contributed by atoms with E-state index >= 15 is 0 Å². The van der Waals surface area contributed by atoms with E-state index in [0.29, 0.717) is 31.5 Å². The summed E-state index contributed by atoms with van der Waals surface area (Å²) in [6.45, 7) is 5.02. The van der Waals surface area contributed by atoms with E-state index in [1.54, 1.807) is 0 Å². The molecule has 172 valence electrons. The molecule has 1 aliphatic heterocycles. The fourth-order valence-corrected chi connectivity index (χ4v) is 5.28. The first-order valence-electron chi connectivity index (χ1n) is 12.0. The number of aryl methyl sites for hydroxylation is 1. The minimum atomic E-state index is -0.0444. The minimum Gasteiger partial charge on any atom is -0.351 e. The molecule has 3 aromatic carbocycles. The molecule has 0 amide bonds. The molecule has 1 heterocycles. The van der Waals surface area contributed by atoms with Gasteiger partial charge in [-0.2, -0.15) is 0 Å². The van der Waals surface area contributed by atoms with Gasteiger partial charge < -0.3 is 9.80 Å². The molecule has 1 saturated heterocycles. The molecule has 4 heteroatoms. The number of carbonyl (C=O) groups is 2. The highest BCUT2D eigenvalue weighted by Crippen LogP contribution is 2.37. The molecule has 4 nitrogen and oxygen atoms in total. The van der Waals surface area contributed by atoms with Gasteiger partial charge in [0, 0.05) is 39.0 Å². The Hall–Kier alpha value is -3.66. The third-order valence-corrected chi connectivity index (χ3v) is 6.94. The SMILES string of the molecule is Cc1ccccc1C1CC(=O)C(=C2N(Cc3ccccc3)CCN2Cc2ccccc2)C(=O)C1. The Morgan fingerprint density at radius 3 is 1.65 bits per heavy atom. The van der Waals surface area contributed by atoms with Crippen LogP contribution < -0.4 is 0 Å². The summed E-state index contributed by atoms with van der Waals surface area (Å²) in [5.74, 6) is 0.707. The Morgan fingerprint density at radius 2 is 1.15 bits per heavy atom.